The molecule has 0 aromatic heterocycles. The van der Waals surface area contributed by atoms with Gasteiger partial charge in [-0.2, -0.15) is 0 Å². The van der Waals surface area contributed by atoms with E-state index in [2.05, 4.69) is 10.3 Å². The fourth-order valence-corrected chi connectivity index (χ4v) is 1.33. The highest BCUT2D eigenvalue weighted by Gasteiger charge is 2.16. The Labute approximate surface area is 77.1 Å². The van der Waals surface area contributed by atoms with Crippen molar-refractivity contribution in [3.05, 3.63) is 24.3 Å². The van der Waals surface area contributed by atoms with Gasteiger partial charge in [0.2, 0.25) is 0 Å². The Morgan fingerprint density at radius 2 is 2.23 bits per heavy atom. The van der Waals surface area contributed by atoms with Crippen molar-refractivity contribution >= 4 is 17.6 Å². The van der Waals surface area contributed by atoms with Gasteiger partial charge in [-0.15, -0.1) is 0 Å². The zero-order chi connectivity index (χ0) is 9.26. The van der Waals surface area contributed by atoms with E-state index >= 15 is 0 Å². The largest absolute Gasteiger partial charge is 0.391 e. The second kappa shape index (κ2) is 3.18. The van der Waals surface area contributed by atoms with Gasteiger partial charge in [0, 0.05) is 6.21 Å². The molecule has 0 saturated heterocycles. The summed E-state index contributed by atoms with van der Waals surface area (Å²) in [6.45, 7) is 1.75. The fourth-order valence-electron chi connectivity index (χ4n) is 1.33. The number of benzene rings is 1. The van der Waals surface area contributed by atoms with Gasteiger partial charge >= 0.3 is 0 Å². The van der Waals surface area contributed by atoms with Crippen LogP contribution in [0.15, 0.2) is 29.3 Å². The molecule has 0 bridgehead atoms. The predicted molar refractivity (Wildman–Crippen MR) is 53.7 cm³/mol. The van der Waals surface area contributed by atoms with Crippen LogP contribution in [-0.4, -0.2) is 23.5 Å². The number of hydrogen-bond acceptors (Lipinski definition) is 3. The summed E-state index contributed by atoms with van der Waals surface area (Å²) >= 11 is 0. The average molecular weight is 176 g/mol. The molecule has 1 aromatic carbocycles. The van der Waals surface area contributed by atoms with Crippen molar-refractivity contribution in [1.29, 1.82) is 0 Å². The van der Waals surface area contributed by atoms with Crippen LogP contribution in [0.25, 0.3) is 0 Å². The van der Waals surface area contributed by atoms with E-state index in [9.17, 15) is 5.11 Å². The highest BCUT2D eigenvalue weighted by molar-refractivity contribution is 5.83. The zero-order valence-electron chi connectivity index (χ0n) is 7.44. The molecule has 0 unspecified atom stereocenters. The van der Waals surface area contributed by atoms with Crippen LogP contribution in [0.1, 0.15) is 6.92 Å². The molecule has 0 aliphatic carbocycles. The van der Waals surface area contributed by atoms with E-state index < -0.39 is 6.10 Å². The smallest absolute Gasteiger partial charge is 0.0873 e. The number of nitrogens with zero attached hydrogens (tertiary/aromatic N) is 1. The Balaban J connectivity index is 2.29. The first kappa shape index (κ1) is 8.26. The molecule has 0 saturated carbocycles. The summed E-state index contributed by atoms with van der Waals surface area (Å²) in [4.78, 5) is 4.25. The highest BCUT2D eigenvalue weighted by atomic mass is 16.3. The van der Waals surface area contributed by atoms with Gasteiger partial charge in [-0.05, 0) is 19.1 Å². The Bertz CT molecular complexity index is 333. The molecular weight excluding hydrogens is 164 g/mol. The average Bonchev–Trinajstić information content (AvgIpc) is 2.17. The SMILES string of the molecule is C[C@@H](O)[C@@H]1C=Nc2ccccc2N1. The van der Waals surface area contributed by atoms with Gasteiger partial charge < -0.3 is 10.4 Å². The third-order valence-electron chi connectivity index (χ3n) is 2.12. The van der Waals surface area contributed by atoms with E-state index in [0.29, 0.717) is 0 Å². The summed E-state index contributed by atoms with van der Waals surface area (Å²) in [6, 6.07) is 7.72. The molecule has 2 atom stereocenters. The molecule has 2 rings (SSSR count). The van der Waals surface area contributed by atoms with Crippen molar-refractivity contribution in [3.8, 4) is 0 Å². The van der Waals surface area contributed by atoms with Crippen molar-refractivity contribution < 1.29 is 5.11 Å². The highest BCUT2D eigenvalue weighted by Crippen LogP contribution is 2.27. The third kappa shape index (κ3) is 1.55. The van der Waals surface area contributed by atoms with Crippen LogP contribution in [-0.2, 0) is 0 Å². The van der Waals surface area contributed by atoms with Gasteiger partial charge in [0.25, 0.3) is 0 Å². The first-order valence-corrected chi connectivity index (χ1v) is 4.35. The van der Waals surface area contributed by atoms with Crippen molar-refractivity contribution in [2.24, 2.45) is 4.99 Å². The maximum absolute atomic E-state index is 9.35. The number of fused-ring (bicyclic) bond motifs is 1. The number of aliphatic hydroxyl groups is 1. The second-order valence-corrected chi connectivity index (χ2v) is 3.21. The minimum atomic E-state index is -0.419. The van der Waals surface area contributed by atoms with E-state index in [1.807, 2.05) is 24.3 Å². The third-order valence-corrected chi connectivity index (χ3v) is 2.12. The van der Waals surface area contributed by atoms with Crippen molar-refractivity contribution in [1.82, 2.24) is 0 Å². The van der Waals surface area contributed by atoms with Gasteiger partial charge in [-0.1, -0.05) is 12.1 Å². The minimum absolute atomic E-state index is 0.0742. The number of rotatable bonds is 1. The number of hydrogen-bond donors (Lipinski definition) is 2. The predicted octanol–water partition coefficient (Wildman–Crippen LogP) is 1.56. The molecule has 0 radical (unpaired) electrons. The Hall–Kier alpha value is -1.35. The lowest BCUT2D eigenvalue weighted by Crippen LogP contribution is -2.34. The Morgan fingerprint density at radius 3 is 3.00 bits per heavy atom. The first-order valence-electron chi connectivity index (χ1n) is 4.35. The van der Waals surface area contributed by atoms with E-state index in [-0.39, 0.29) is 6.04 Å². The molecule has 1 aliphatic rings. The molecule has 0 amide bonds. The Morgan fingerprint density at radius 1 is 1.46 bits per heavy atom. The number of nitrogens with one attached hydrogen (secondary N) is 1. The quantitative estimate of drug-likeness (QED) is 0.682. The van der Waals surface area contributed by atoms with Gasteiger partial charge in [0.05, 0.1) is 23.5 Å². The number of para-hydroxylation sites is 2. The van der Waals surface area contributed by atoms with Gasteiger partial charge in [-0.25, -0.2) is 0 Å². The van der Waals surface area contributed by atoms with Crippen LogP contribution in [0.3, 0.4) is 0 Å². The summed E-state index contributed by atoms with van der Waals surface area (Å²) in [5.74, 6) is 0. The van der Waals surface area contributed by atoms with Crippen LogP contribution in [0.4, 0.5) is 11.4 Å². The number of anilines is 1. The molecule has 2 N–H and O–H groups in total. The summed E-state index contributed by atoms with van der Waals surface area (Å²) < 4.78 is 0. The lowest BCUT2D eigenvalue weighted by Gasteiger charge is -2.23. The molecule has 1 aromatic rings. The van der Waals surface area contributed by atoms with Crippen LogP contribution in [0.2, 0.25) is 0 Å². The van der Waals surface area contributed by atoms with E-state index in [0.717, 1.165) is 11.4 Å². The summed E-state index contributed by atoms with van der Waals surface area (Å²) in [7, 11) is 0. The molecule has 0 fully saturated rings. The van der Waals surface area contributed by atoms with Crippen LogP contribution >= 0.6 is 0 Å². The lowest BCUT2D eigenvalue weighted by atomic mass is 10.1. The molecule has 13 heavy (non-hydrogen) atoms. The molecular formula is C10H12N2O. The van der Waals surface area contributed by atoms with E-state index in [1.54, 1.807) is 13.1 Å². The minimum Gasteiger partial charge on any atom is -0.391 e. The molecule has 3 heteroatoms. The topological polar surface area (TPSA) is 44.6 Å². The fraction of sp³-hybridized carbons (Fsp3) is 0.300. The molecule has 0 spiro atoms. The molecule has 1 heterocycles. The lowest BCUT2D eigenvalue weighted by molar-refractivity contribution is 0.193. The van der Waals surface area contributed by atoms with E-state index in [4.69, 9.17) is 0 Å². The monoisotopic (exact) mass is 176 g/mol. The normalized spacial score (nSPS) is 21.8. The van der Waals surface area contributed by atoms with Gasteiger partial charge in [0.15, 0.2) is 0 Å². The maximum Gasteiger partial charge on any atom is 0.0873 e. The van der Waals surface area contributed by atoms with E-state index in [1.165, 1.54) is 0 Å². The maximum atomic E-state index is 9.35. The van der Waals surface area contributed by atoms with Gasteiger partial charge in [-0.3, -0.25) is 4.99 Å². The standard InChI is InChI=1S/C10H12N2O/c1-7(13)10-6-11-8-4-2-3-5-9(8)12-10/h2-7,10,12-13H,1H3/t7-,10+/m1/s1. The van der Waals surface area contributed by atoms with Crippen molar-refractivity contribution in [3.63, 3.8) is 0 Å². The van der Waals surface area contributed by atoms with Gasteiger partial charge in [0.1, 0.15) is 0 Å². The Kier molecular flexibility index (Phi) is 2.02. The number of aliphatic hydroxyl groups excluding tert-OH is 1. The van der Waals surface area contributed by atoms with Crippen LogP contribution in [0.5, 0.6) is 0 Å². The zero-order valence-corrected chi connectivity index (χ0v) is 7.44. The first-order chi connectivity index (χ1) is 6.27. The summed E-state index contributed by atoms with van der Waals surface area (Å²) in [6.07, 6.45) is 1.32. The molecule has 3 nitrogen and oxygen atoms in total. The van der Waals surface area contributed by atoms with Crippen molar-refractivity contribution in [2.75, 3.05) is 5.32 Å². The summed E-state index contributed by atoms with van der Waals surface area (Å²) in [5.41, 5.74) is 1.91. The van der Waals surface area contributed by atoms with Crippen LogP contribution in [0, 0.1) is 0 Å². The number of aliphatic imine (C=N–C) groups is 1. The van der Waals surface area contributed by atoms with Crippen LogP contribution < -0.4 is 5.32 Å². The molecule has 68 valence electrons. The molecule has 1 aliphatic heterocycles. The second-order valence-electron chi connectivity index (χ2n) is 3.21. The van der Waals surface area contributed by atoms with Crippen molar-refractivity contribution in [2.45, 2.75) is 19.1 Å². The summed E-state index contributed by atoms with van der Waals surface area (Å²) in [5, 5.41) is 12.5.